The molecule has 110 valence electrons. The fourth-order valence-electron chi connectivity index (χ4n) is 2.63. The Morgan fingerprint density at radius 3 is 2.68 bits per heavy atom. The summed E-state index contributed by atoms with van der Waals surface area (Å²) < 4.78 is 0. The number of fused-ring (bicyclic) bond motifs is 1. The number of carbonyl (C=O) groups is 4. The van der Waals surface area contributed by atoms with Crippen molar-refractivity contribution in [2.24, 2.45) is 5.11 Å². The fraction of sp³-hybridized carbons (Fsp3) is 0.231. The highest BCUT2D eigenvalue weighted by Gasteiger charge is 2.45. The Bertz CT molecular complexity index is 781. The lowest BCUT2D eigenvalue weighted by atomic mass is 10.0. The van der Waals surface area contributed by atoms with E-state index in [1.54, 1.807) is 0 Å². The van der Waals surface area contributed by atoms with Crippen LogP contribution in [0.5, 0.6) is 0 Å². The topological polar surface area (TPSA) is 132 Å². The molecule has 0 aliphatic carbocycles. The number of carbonyl (C=O) groups excluding carboxylic acids is 4. The zero-order valence-corrected chi connectivity index (χ0v) is 11.1. The van der Waals surface area contributed by atoms with Gasteiger partial charge in [0.05, 0.1) is 16.8 Å². The van der Waals surface area contributed by atoms with Crippen molar-refractivity contribution in [3.63, 3.8) is 0 Å². The molecule has 2 aliphatic rings. The average Bonchev–Trinajstić information content (AvgIpc) is 2.73. The molecule has 4 amide bonds. The summed E-state index contributed by atoms with van der Waals surface area (Å²) in [5, 5.41) is 5.51. The highest BCUT2D eigenvalue weighted by Crippen LogP contribution is 2.33. The number of benzene rings is 1. The molecule has 1 N–H and O–H groups in total. The molecule has 0 saturated carbocycles. The van der Waals surface area contributed by atoms with E-state index in [1.165, 1.54) is 18.2 Å². The van der Waals surface area contributed by atoms with Crippen molar-refractivity contribution in [2.75, 3.05) is 0 Å². The number of imide groups is 2. The van der Waals surface area contributed by atoms with E-state index < -0.39 is 29.7 Å². The predicted octanol–water partition coefficient (Wildman–Crippen LogP) is 1.03. The molecule has 22 heavy (non-hydrogen) atoms. The summed E-state index contributed by atoms with van der Waals surface area (Å²) in [6.45, 7) is 0. The van der Waals surface area contributed by atoms with Crippen LogP contribution in [0, 0.1) is 0 Å². The SMILES string of the molecule is [N-]=[N+]=Nc1cccc2c1C(=O)N(C1CCC(=O)NC1=O)C2=O. The van der Waals surface area contributed by atoms with E-state index in [2.05, 4.69) is 15.3 Å². The first-order chi connectivity index (χ1) is 10.5. The van der Waals surface area contributed by atoms with Gasteiger partial charge in [-0.3, -0.25) is 29.4 Å². The lowest BCUT2D eigenvalue weighted by molar-refractivity contribution is -0.136. The molecule has 0 radical (unpaired) electrons. The highest BCUT2D eigenvalue weighted by atomic mass is 16.2. The van der Waals surface area contributed by atoms with Gasteiger partial charge < -0.3 is 0 Å². The van der Waals surface area contributed by atoms with E-state index in [0.29, 0.717) is 0 Å². The molecule has 0 spiro atoms. The van der Waals surface area contributed by atoms with Crippen LogP contribution in [0.15, 0.2) is 23.3 Å². The van der Waals surface area contributed by atoms with Gasteiger partial charge in [0.1, 0.15) is 6.04 Å². The predicted molar refractivity (Wildman–Crippen MR) is 71.9 cm³/mol. The summed E-state index contributed by atoms with van der Waals surface area (Å²) >= 11 is 0. The average molecular weight is 299 g/mol. The summed E-state index contributed by atoms with van der Waals surface area (Å²) in [7, 11) is 0. The fourth-order valence-corrected chi connectivity index (χ4v) is 2.63. The minimum absolute atomic E-state index is 0.0185. The van der Waals surface area contributed by atoms with Crippen molar-refractivity contribution in [1.82, 2.24) is 10.2 Å². The zero-order valence-electron chi connectivity index (χ0n) is 11.1. The van der Waals surface area contributed by atoms with Crippen LogP contribution in [0.4, 0.5) is 5.69 Å². The van der Waals surface area contributed by atoms with Crippen LogP contribution in [0.2, 0.25) is 0 Å². The molecule has 9 nitrogen and oxygen atoms in total. The van der Waals surface area contributed by atoms with E-state index in [9.17, 15) is 19.2 Å². The lowest BCUT2D eigenvalue weighted by Crippen LogP contribution is -2.54. The number of nitrogens with one attached hydrogen (secondary N) is 1. The van der Waals surface area contributed by atoms with E-state index in [4.69, 9.17) is 5.53 Å². The monoisotopic (exact) mass is 299 g/mol. The van der Waals surface area contributed by atoms with Gasteiger partial charge in [-0.15, -0.1) is 0 Å². The summed E-state index contributed by atoms with van der Waals surface area (Å²) in [6, 6.07) is 3.29. The zero-order chi connectivity index (χ0) is 15.9. The molecular formula is C13H9N5O4. The van der Waals surface area contributed by atoms with Crippen LogP contribution in [0.3, 0.4) is 0 Å². The van der Waals surface area contributed by atoms with Crippen molar-refractivity contribution in [3.05, 3.63) is 39.8 Å². The number of hydrogen-bond acceptors (Lipinski definition) is 5. The Hall–Kier alpha value is -3.19. The van der Waals surface area contributed by atoms with E-state index in [-0.39, 0.29) is 29.7 Å². The minimum atomic E-state index is -1.04. The Morgan fingerprint density at radius 2 is 2.00 bits per heavy atom. The van der Waals surface area contributed by atoms with Crippen molar-refractivity contribution < 1.29 is 19.2 Å². The maximum Gasteiger partial charge on any atom is 0.262 e. The number of piperidine rings is 1. The summed E-state index contributed by atoms with van der Waals surface area (Å²) in [5.74, 6) is -2.45. The van der Waals surface area contributed by atoms with Crippen LogP contribution >= 0.6 is 0 Å². The van der Waals surface area contributed by atoms with Crippen LogP contribution in [-0.2, 0) is 9.59 Å². The van der Waals surface area contributed by atoms with E-state index in [1.807, 2.05) is 0 Å². The highest BCUT2D eigenvalue weighted by molar-refractivity contribution is 6.25. The summed E-state index contributed by atoms with van der Waals surface area (Å²) in [4.78, 5) is 51.4. The maximum atomic E-state index is 12.5. The standard InChI is InChI=1S/C13H9N5O4/c14-17-16-7-3-1-2-6-10(7)13(22)18(12(6)21)8-4-5-9(19)15-11(8)20/h1-3,8H,4-5H2,(H,15,19,20). The van der Waals surface area contributed by atoms with Crippen LogP contribution < -0.4 is 5.32 Å². The molecule has 1 unspecified atom stereocenters. The number of azide groups is 1. The van der Waals surface area contributed by atoms with Crippen LogP contribution in [0.25, 0.3) is 10.4 Å². The molecule has 1 fully saturated rings. The van der Waals surface area contributed by atoms with Gasteiger partial charge in [-0.25, -0.2) is 0 Å². The lowest BCUT2D eigenvalue weighted by Gasteiger charge is -2.27. The molecule has 2 heterocycles. The van der Waals surface area contributed by atoms with E-state index >= 15 is 0 Å². The molecule has 1 aromatic carbocycles. The van der Waals surface area contributed by atoms with Gasteiger partial charge in [0.2, 0.25) is 11.8 Å². The Kier molecular flexibility index (Phi) is 3.11. The number of amides is 4. The Balaban J connectivity index is 2.04. The van der Waals surface area contributed by atoms with Crippen LogP contribution in [0.1, 0.15) is 33.6 Å². The molecule has 0 aromatic heterocycles. The molecule has 2 aliphatic heterocycles. The first-order valence-electron chi connectivity index (χ1n) is 6.44. The number of nitrogens with zero attached hydrogens (tertiary/aromatic N) is 4. The first-order valence-corrected chi connectivity index (χ1v) is 6.44. The third-order valence-corrected chi connectivity index (χ3v) is 3.60. The molecule has 1 atom stereocenters. The number of rotatable bonds is 2. The second-order valence-corrected chi connectivity index (χ2v) is 4.84. The van der Waals surface area contributed by atoms with Gasteiger partial charge in [-0.1, -0.05) is 17.2 Å². The second kappa shape index (κ2) is 4.97. The molecule has 3 rings (SSSR count). The first kappa shape index (κ1) is 13.8. The largest absolute Gasteiger partial charge is 0.295 e. The van der Waals surface area contributed by atoms with Gasteiger partial charge in [0.25, 0.3) is 11.8 Å². The quantitative estimate of drug-likeness (QED) is 0.378. The van der Waals surface area contributed by atoms with Gasteiger partial charge in [0, 0.05) is 11.3 Å². The minimum Gasteiger partial charge on any atom is -0.295 e. The summed E-state index contributed by atoms with van der Waals surface area (Å²) in [5.41, 5.74) is 8.64. The maximum absolute atomic E-state index is 12.5. The Labute approximate surface area is 123 Å². The van der Waals surface area contributed by atoms with Crippen molar-refractivity contribution in [2.45, 2.75) is 18.9 Å². The molecule has 9 heteroatoms. The van der Waals surface area contributed by atoms with Gasteiger partial charge in [-0.2, -0.15) is 0 Å². The van der Waals surface area contributed by atoms with Gasteiger partial charge in [-0.05, 0) is 18.0 Å². The smallest absolute Gasteiger partial charge is 0.262 e. The van der Waals surface area contributed by atoms with Crippen LogP contribution in [-0.4, -0.2) is 34.6 Å². The van der Waals surface area contributed by atoms with Crippen molar-refractivity contribution in [3.8, 4) is 0 Å². The third kappa shape index (κ3) is 1.92. The molecule has 0 bridgehead atoms. The third-order valence-electron chi connectivity index (χ3n) is 3.60. The summed E-state index contributed by atoms with van der Waals surface area (Å²) in [6.07, 6.45) is 0.125. The van der Waals surface area contributed by atoms with Crippen molar-refractivity contribution >= 4 is 29.3 Å². The van der Waals surface area contributed by atoms with Crippen molar-refractivity contribution in [1.29, 1.82) is 0 Å². The molecule has 1 saturated heterocycles. The normalized spacial score (nSPS) is 20.5. The number of hydrogen-bond donors (Lipinski definition) is 1. The van der Waals surface area contributed by atoms with Gasteiger partial charge in [0.15, 0.2) is 0 Å². The van der Waals surface area contributed by atoms with Gasteiger partial charge >= 0.3 is 0 Å². The second-order valence-electron chi connectivity index (χ2n) is 4.84. The molecular weight excluding hydrogens is 290 g/mol. The molecule has 1 aromatic rings. The Morgan fingerprint density at radius 1 is 1.23 bits per heavy atom. The van der Waals surface area contributed by atoms with E-state index in [0.717, 1.165) is 4.90 Å².